The van der Waals surface area contributed by atoms with Gasteiger partial charge < -0.3 is 15.0 Å². The number of H-pyrrole nitrogens is 1. The molecule has 2 heterocycles. The summed E-state index contributed by atoms with van der Waals surface area (Å²) >= 11 is 0. The van der Waals surface area contributed by atoms with Crippen molar-refractivity contribution in [2.24, 2.45) is 11.8 Å². The van der Waals surface area contributed by atoms with E-state index in [0.29, 0.717) is 13.0 Å². The van der Waals surface area contributed by atoms with Crippen molar-refractivity contribution >= 4 is 16.8 Å². The highest BCUT2D eigenvalue weighted by atomic mass is 16.3. The number of para-hydroxylation sites is 1. The van der Waals surface area contributed by atoms with Crippen molar-refractivity contribution in [2.75, 3.05) is 6.54 Å². The van der Waals surface area contributed by atoms with Crippen molar-refractivity contribution in [2.45, 2.75) is 18.9 Å². The lowest BCUT2D eigenvalue weighted by Gasteiger charge is -2.36. The van der Waals surface area contributed by atoms with Crippen molar-refractivity contribution in [3.63, 3.8) is 0 Å². The number of nitrogens with zero attached hydrogens (tertiary/aromatic N) is 1. The number of fused-ring (bicyclic) bond motifs is 2. The molecule has 2 N–H and O–H groups in total. The number of aliphatic hydroxyl groups excluding tert-OH is 1. The topological polar surface area (TPSA) is 56.3 Å². The van der Waals surface area contributed by atoms with E-state index in [1.54, 1.807) is 4.90 Å². The first-order valence-corrected chi connectivity index (χ1v) is 8.12. The Morgan fingerprint density at radius 3 is 3.04 bits per heavy atom. The summed E-state index contributed by atoms with van der Waals surface area (Å²) < 4.78 is 0. The number of carbonyl (C=O) groups is 1. The molecule has 118 valence electrons. The zero-order chi connectivity index (χ0) is 15.8. The number of benzene rings is 1. The lowest BCUT2D eigenvalue weighted by molar-refractivity contribution is -0.135. The first-order chi connectivity index (χ1) is 11.2. The van der Waals surface area contributed by atoms with E-state index in [2.05, 4.69) is 17.1 Å². The average molecular weight is 308 g/mol. The molecule has 0 spiro atoms. The molecule has 1 aromatic carbocycles. The first-order valence-electron chi connectivity index (χ1n) is 8.12. The lowest BCUT2D eigenvalue weighted by atomic mass is 9.79. The maximum Gasteiger partial charge on any atom is 0.234 e. The largest absolute Gasteiger partial charge is 0.392 e. The SMILES string of the molecule is O=C1[C@H]2C=CC[C@@H](O)[C@H]2C=CN1CCc1c[nH]c2ccccc12. The Morgan fingerprint density at radius 1 is 1.26 bits per heavy atom. The van der Waals surface area contributed by atoms with Crippen LogP contribution in [0.3, 0.4) is 0 Å². The minimum atomic E-state index is -0.444. The molecule has 0 saturated carbocycles. The average Bonchev–Trinajstić information content (AvgIpc) is 2.98. The third-order valence-electron chi connectivity index (χ3n) is 4.93. The van der Waals surface area contributed by atoms with Crippen LogP contribution < -0.4 is 0 Å². The highest BCUT2D eigenvalue weighted by Crippen LogP contribution is 2.31. The van der Waals surface area contributed by atoms with E-state index in [1.165, 1.54) is 10.9 Å². The van der Waals surface area contributed by atoms with Gasteiger partial charge in [0.05, 0.1) is 12.0 Å². The maximum atomic E-state index is 12.6. The van der Waals surface area contributed by atoms with Crippen LogP contribution in [0.15, 0.2) is 54.9 Å². The maximum absolute atomic E-state index is 12.6. The fraction of sp³-hybridized carbons (Fsp3) is 0.316. The molecular formula is C19H20N2O2. The lowest BCUT2D eigenvalue weighted by Crippen LogP contribution is -2.44. The monoisotopic (exact) mass is 308 g/mol. The van der Waals surface area contributed by atoms with Gasteiger partial charge in [-0.25, -0.2) is 0 Å². The van der Waals surface area contributed by atoms with E-state index in [9.17, 15) is 9.90 Å². The number of amides is 1. The Hall–Kier alpha value is -2.33. The Morgan fingerprint density at radius 2 is 2.13 bits per heavy atom. The van der Waals surface area contributed by atoms with Crippen LogP contribution in [0.2, 0.25) is 0 Å². The Bertz CT molecular complexity index is 790. The van der Waals surface area contributed by atoms with Gasteiger partial charge in [-0.2, -0.15) is 0 Å². The number of carbonyl (C=O) groups excluding carboxylic acids is 1. The van der Waals surface area contributed by atoms with Gasteiger partial charge in [-0.3, -0.25) is 4.79 Å². The van der Waals surface area contributed by atoms with Crippen molar-refractivity contribution in [3.05, 3.63) is 60.5 Å². The van der Waals surface area contributed by atoms with Gasteiger partial charge in [0.25, 0.3) is 0 Å². The van der Waals surface area contributed by atoms with Crippen molar-refractivity contribution in [1.82, 2.24) is 9.88 Å². The van der Waals surface area contributed by atoms with E-state index < -0.39 is 6.10 Å². The molecule has 0 saturated heterocycles. The summed E-state index contributed by atoms with van der Waals surface area (Å²) in [6.07, 6.45) is 10.7. The second-order valence-electron chi connectivity index (χ2n) is 6.32. The van der Waals surface area contributed by atoms with Gasteiger partial charge in [-0.15, -0.1) is 0 Å². The zero-order valence-corrected chi connectivity index (χ0v) is 12.9. The molecule has 0 unspecified atom stereocenters. The number of aromatic amines is 1. The van der Waals surface area contributed by atoms with E-state index in [0.717, 1.165) is 11.9 Å². The number of rotatable bonds is 3. The smallest absolute Gasteiger partial charge is 0.234 e. The summed E-state index contributed by atoms with van der Waals surface area (Å²) in [6.45, 7) is 0.657. The number of nitrogens with one attached hydrogen (secondary N) is 1. The number of aromatic nitrogens is 1. The normalized spacial score (nSPS) is 26.7. The Kier molecular flexibility index (Phi) is 3.54. The molecule has 23 heavy (non-hydrogen) atoms. The van der Waals surface area contributed by atoms with Crippen LogP contribution in [0.5, 0.6) is 0 Å². The molecule has 4 heteroatoms. The summed E-state index contributed by atoms with van der Waals surface area (Å²) in [7, 11) is 0. The number of hydrogen-bond donors (Lipinski definition) is 2. The Labute approximate surface area is 135 Å². The van der Waals surface area contributed by atoms with Crippen LogP contribution in [0, 0.1) is 11.8 Å². The summed E-state index contributed by atoms with van der Waals surface area (Å²) in [6, 6.07) is 8.21. The van der Waals surface area contributed by atoms with Crippen LogP contribution in [-0.4, -0.2) is 33.5 Å². The van der Waals surface area contributed by atoms with Crippen LogP contribution in [0.1, 0.15) is 12.0 Å². The van der Waals surface area contributed by atoms with Gasteiger partial charge >= 0.3 is 0 Å². The van der Waals surface area contributed by atoms with Gasteiger partial charge in [-0.05, 0) is 24.5 Å². The summed E-state index contributed by atoms with van der Waals surface area (Å²) in [4.78, 5) is 17.7. The van der Waals surface area contributed by atoms with E-state index in [1.807, 2.05) is 42.8 Å². The van der Waals surface area contributed by atoms with Crippen LogP contribution >= 0.6 is 0 Å². The highest BCUT2D eigenvalue weighted by molar-refractivity contribution is 5.84. The van der Waals surface area contributed by atoms with Crippen LogP contribution in [0.4, 0.5) is 0 Å². The van der Waals surface area contributed by atoms with E-state index >= 15 is 0 Å². The van der Waals surface area contributed by atoms with E-state index in [4.69, 9.17) is 0 Å². The standard InChI is InChI=1S/C19H20N2O2/c22-18-7-3-5-16-15(18)9-11-21(19(16)23)10-8-13-12-20-17-6-2-1-4-14(13)17/h1-6,9,11-12,15-16,18,20,22H,7-8,10H2/t15-,16-,18+/m0/s1. The molecular weight excluding hydrogens is 288 g/mol. The first kappa shape index (κ1) is 14.3. The van der Waals surface area contributed by atoms with Gasteiger partial charge in [0.1, 0.15) is 0 Å². The summed E-state index contributed by atoms with van der Waals surface area (Å²) in [5.41, 5.74) is 2.35. The molecule has 3 atom stereocenters. The molecule has 0 radical (unpaired) electrons. The molecule has 2 aliphatic rings. The fourth-order valence-electron chi connectivity index (χ4n) is 3.62. The van der Waals surface area contributed by atoms with Gasteiger partial charge in [0, 0.05) is 35.8 Å². The predicted octanol–water partition coefficient (Wildman–Crippen LogP) is 2.62. The predicted molar refractivity (Wildman–Crippen MR) is 89.6 cm³/mol. The van der Waals surface area contributed by atoms with Gasteiger partial charge in [-0.1, -0.05) is 36.4 Å². The molecule has 0 bridgehead atoms. The van der Waals surface area contributed by atoms with Crippen molar-refractivity contribution in [1.29, 1.82) is 0 Å². The second-order valence-corrected chi connectivity index (χ2v) is 6.32. The summed E-state index contributed by atoms with van der Waals surface area (Å²) in [5, 5.41) is 11.2. The molecule has 4 rings (SSSR count). The van der Waals surface area contributed by atoms with E-state index in [-0.39, 0.29) is 17.7 Å². The number of aliphatic hydroxyl groups is 1. The molecule has 2 aromatic rings. The highest BCUT2D eigenvalue weighted by Gasteiger charge is 2.36. The Balaban J connectivity index is 1.50. The minimum Gasteiger partial charge on any atom is -0.392 e. The molecule has 1 amide bonds. The van der Waals surface area contributed by atoms with Crippen molar-refractivity contribution < 1.29 is 9.90 Å². The van der Waals surface area contributed by atoms with Crippen molar-refractivity contribution in [3.8, 4) is 0 Å². The third-order valence-corrected chi connectivity index (χ3v) is 4.93. The third kappa shape index (κ3) is 2.49. The van der Waals surface area contributed by atoms with Crippen LogP contribution in [0.25, 0.3) is 10.9 Å². The molecule has 1 aliphatic carbocycles. The van der Waals surface area contributed by atoms with Gasteiger partial charge in [0.2, 0.25) is 5.91 Å². The zero-order valence-electron chi connectivity index (χ0n) is 12.9. The van der Waals surface area contributed by atoms with Crippen LogP contribution in [-0.2, 0) is 11.2 Å². The fourth-order valence-corrected chi connectivity index (χ4v) is 3.62. The second kappa shape index (κ2) is 5.70. The summed E-state index contributed by atoms with van der Waals surface area (Å²) in [5.74, 6) is -0.198. The quantitative estimate of drug-likeness (QED) is 0.856. The minimum absolute atomic E-state index is 0.0724. The molecule has 4 nitrogen and oxygen atoms in total. The number of hydrogen-bond acceptors (Lipinski definition) is 2. The molecule has 1 aromatic heterocycles. The molecule has 0 fully saturated rings. The molecule has 1 aliphatic heterocycles. The van der Waals surface area contributed by atoms with Gasteiger partial charge in [0.15, 0.2) is 0 Å².